The van der Waals surface area contributed by atoms with Gasteiger partial charge in [-0.05, 0) is 40.2 Å². The minimum atomic E-state index is -0.320. The van der Waals surface area contributed by atoms with Gasteiger partial charge in [-0.25, -0.2) is 9.67 Å². The maximum atomic E-state index is 12.2. The van der Waals surface area contributed by atoms with E-state index in [2.05, 4.69) is 31.3 Å². The normalized spacial score (nSPS) is 10.6. The van der Waals surface area contributed by atoms with Crippen LogP contribution < -0.4 is 5.32 Å². The maximum Gasteiger partial charge on any atom is 0.260 e. The first-order valence-corrected chi connectivity index (χ1v) is 7.01. The molecule has 0 bridgehead atoms. The number of benzene rings is 1. The molecule has 1 aromatic carbocycles. The third-order valence-corrected chi connectivity index (χ3v) is 3.58. The Labute approximate surface area is 132 Å². The molecule has 0 saturated carbocycles. The Morgan fingerprint density at radius 1 is 1.38 bits per heavy atom. The van der Waals surface area contributed by atoms with Gasteiger partial charge in [0.1, 0.15) is 12.7 Å². The van der Waals surface area contributed by atoms with Crippen LogP contribution in [0.5, 0.6) is 0 Å². The second-order valence-electron chi connectivity index (χ2n) is 4.06. The SMILES string of the molecule is O=C(Nc1cc(Cl)ccc1-n1cncn1)c1ccoc1Br. The fraction of sp³-hybridized carbons (Fsp3) is 0. The van der Waals surface area contributed by atoms with Gasteiger partial charge in [-0.15, -0.1) is 0 Å². The molecule has 1 amide bonds. The Morgan fingerprint density at radius 2 is 2.24 bits per heavy atom. The molecule has 0 atom stereocenters. The van der Waals surface area contributed by atoms with Crippen molar-refractivity contribution in [2.24, 2.45) is 0 Å². The summed E-state index contributed by atoms with van der Waals surface area (Å²) in [5, 5.41) is 7.33. The number of furan rings is 1. The standard InChI is InChI=1S/C13H8BrClN4O2/c14-12-9(3-4-21-12)13(20)18-10-5-8(15)1-2-11(10)19-7-16-6-17-19/h1-7H,(H,18,20). The van der Waals surface area contributed by atoms with Crippen molar-refractivity contribution in [2.45, 2.75) is 0 Å². The van der Waals surface area contributed by atoms with Gasteiger partial charge >= 0.3 is 0 Å². The molecular weight excluding hydrogens is 360 g/mol. The zero-order chi connectivity index (χ0) is 14.8. The Balaban J connectivity index is 1.97. The summed E-state index contributed by atoms with van der Waals surface area (Å²) in [6, 6.07) is 6.67. The Kier molecular flexibility index (Phi) is 3.76. The summed E-state index contributed by atoms with van der Waals surface area (Å²) in [5.74, 6) is -0.320. The first-order chi connectivity index (χ1) is 10.1. The van der Waals surface area contributed by atoms with Gasteiger partial charge in [0.05, 0.1) is 23.2 Å². The van der Waals surface area contributed by atoms with Crippen LogP contribution in [0.2, 0.25) is 5.02 Å². The lowest BCUT2D eigenvalue weighted by Gasteiger charge is -2.10. The molecule has 0 radical (unpaired) electrons. The molecule has 0 fully saturated rings. The molecular formula is C13H8BrClN4O2. The molecule has 106 valence electrons. The highest BCUT2D eigenvalue weighted by Crippen LogP contribution is 2.26. The smallest absolute Gasteiger partial charge is 0.260 e. The van der Waals surface area contributed by atoms with E-state index in [-0.39, 0.29) is 5.91 Å². The molecule has 3 aromatic rings. The minimum absolute atomic E-state index is 0.320. The van der Waals surface area contributed by atoms with Gasteiger partial charge in [-0.1, -0.05) is 11.6 Å². The topological polar surface area (TPSA) is 73.0 Å². The van der Waals surface area contributed by atoms with Crippen LogP contribution in [0.3, 0.4) is 0 Å². The van der Waals surface area contributed by atoms with E-state index in [0.717, 1.165) is 0 Å². The second-order valence-corrected chi connectivity index (χ2v) is 5.22. The van der Waals surface area contributed by atoms with Gasteiger partial charge in [0.25, 0.3) is 5.91 Å². The largest absolute Gasteiger partial charge is 0.457 e. The number of hydrogen-bond acceptors (Lipinski definition) is 4. The summed E-state index contributed by atoms with van der Waals surface area (Å²) >= 11 is 9.16. The van der Waals surface area contributed by atoms with Crippen LogP contribution in [0.4, 0.5) is 5.69 Å². The van der Waals surface area contributed by atoms with E-state index >= 15 is 0 Å². The van der Waals surface area contributed by atoms with Crippen LogP contribution in [-0.2, 0) is 0 Å². The predicted molar refractivity (Wildman–Crippen MR) is 80.7 cm³/mol. The number of rotatable bonds is 3. The Morgan fingerprint density at radius 3 is 2.90 bits per heavy atom. The number of nitrogens with zero attached hydrogens (tertiary/aromatic N) is 3. The van der Waals surface area contributed by atoms with E-state index in [1.54, 1.807) is 24.3 Å². The second kappa shape index (κ2) is 5.71. The monoisotopic (exact) mass is 366 g/mol. The van der Waals surface area contributed by atoms with Gasteiger partial charge in [0.2, 0.25) is 0 Å². The third kappa shape index (κ3) is 2.84. The molecule has 0 aliphatic rings. The van der Waals surface area contributed by atoms with E-state index in [4.69, 9.17) is 16.0 Å². The number of amides is 1. The fourth-order valence-corrected chi connectivity index (χ4v) is 2.38. The minimum Gasteiger partial charge on any atom is -0.457 e. The number of carbonyl (C=O) groups is 1. The molecule has 21 heavy (non-hydrogen) atoms. The summed E-state index contributed by atoms with van der Waals surface area (Å²) in [6.07, 6.45) is 4.37. The summed E-state index contributed by atoms with van der Waals surface area (Å²) in [7, 11) is 0. The highest BCUT2D eigenvalue weighted by molar-refractivity contribution is 9.10. The van der Waals surface area contributed by atoms with E-state index < -0.39 is 0 Å². The Bertz CT molecular complexity index is 785. The van der Waals surface area contributed by atoms with Gasteiger partial charge in [-0.3, -0.25) is 4.79 Å². The van der Waals surface area contributed by atoms with Crippen molar-refractivity contribution in [1.82, 2.24) is 14.8 Å². The van der Waals surface area contributed by atoms with Gasteiger partial charge in [0, 0.05) is 5.02 Å². The van der Waals surface area contributed by atoms with Crippen molar-refractivity contribution >= 4 is 39.1 Å². The zero-order valence-corrected chi connectivity index (χ0v) is 12.8. The number of nitrogens with one attached hydrogen (secondary N) is 1. The lowest BCUT2D eigenvalue weighted by molar-refractivity contribution is 0.102. The first kappa shape index (κ1) is 13.8. The molecule has 6 nitrogen and oxygen atoms in total. The first-order valence-electron chi connectivity index (χ1n) is 5.84. The highest BCUT2D eigenvalue weighted by atomic mass is 79.9. The zero-order valence-electron chi connectivity index (χ0n) is 10.5. The summed E-state index contributed by atoms with van der Waals surface area (Å²) in [5.41, 5.74) is 1.57. The third-order valence-electron chi connectivity index (χ3n) is 2.73. The number of hydrogen-bond donors (Lipinski definition) is 1. The molecule has 8 heteroatoms. The summed E-state index contributed by atoms with van der Waals surface area (Å²) in [6.45, 7) is 0. The van der Waals surface area contributed by atoms with Crippen molar-refractivity contribution in [3.8, 4) is 5.69 Å². The van der Waals surface area contributed by atoms with E-state index in [0.29, 0.717) is 26.6 Å². The van der Waals surface area contributed by atoms with Gasteiger partial charge in [0.15, 0.2) is 4.67 Å². The molecule has 2 aromatic heterocycles. The number of aromatic nitrogens is 3. The molecule has 0 unspecified atom stereocenters. The van der Waals surface area contributed by atoms with Crippen LogP contribution in [-0.4, -0.2) is 20.7 Å². The van der Waals surface area contributed by atoms with Crippen LogP contribution in [0.25, 0.3) is 5.69 Å². The fourth-order valence-electron chi connectivity index (χ4n) is 1.79. The lowest BCUT2D eigenvalue weighted by Crippen LogP contribution is -2.13. The van der Waals surface area contributed by atoms with Gasteiger partial charge < -0.3 is 9.73 Å². The van der Waals surface area contributed by atoms with Crippen LogP contribution in [0.1, 0.15) is 10.4 Å². The quantitative estimate of drug-likeness (QED) is 0.768. The number of anilines is 1. The Hall–Kier alpha value is -2.12. The van der Waals surface area contributed by atoms with Crippen molar-refractivity contribution in [3.05, 3.63) is 58.4 Å². The maximum absolute atomic E-state index is 12.2. The number of carbonyl (C=O) groups excluding carboxylic acids is 1. The molecule has 1 N–H and O–H groups in total. The molecule has 2 heterocycles. The molecule has 3 rings (SSSR count). The van der Waals surface area contributed by atoms with Crippen molar-refractivity contribution in [2.75, 3.05) is 5.32 Å². The van der Waals surface area contributed by atoms with E-state index in [9.17, 15) is 4.79 Å². The van der Waals surface area contributed by atoms with E-state index in [1.165, 1.54) is 23.6 Å². The van der Waals surface area contributed by atoms with Gasteiger partial charge in [-0.2, -0.15) is 5.10 Å². The summed E-state index contributed by atoms with van der Waals surface area (Å²) in [4.78, 5) is 16.1. The average Bonchev–Trinajstić information content (AvgIpc) is 3.10. The summed E-state index contributed by atoms with van der Waals surface area (Å²) < 4.78 is 6.95. The number of halogens is 2. The lowest BCUT2D eigenvalue weighted by atomic mass is 10.2. The van der Waals surface area contributed by atoms with Crippen LogP contribution >= 0.6 is 27.5 Å². The molecule has 0 aliphatic heterocycles. The molecule has 0 spiro atoms. The van der Waals surface area contributed by atoms with E-state index in [1.807, 2.05) is 0 Å². The molecule has 0 aliphatic carbocycles. The van der Waals surface area contributed by atoms with Crippen molar-refractivity contribution in [1.29, 1.82) is 0 Å². The average molecular weight is 368 g/mol. The molecule has 0 saturated heterocycles. The van der Waals surface area contributed by atoms with Crippen molar-refractivity contribution in [3.63, 3.8) is 0 Å². The highest BCUT2D eigenvalue weighted by Gasteiger charge is 2.15. The van der Waals surface area contributed by atoms with Crippen LogP contribution in [0, 0.1) is 0 Å². The van der Waals surface area contributed by atoms with Crippen molar-refractivity contribution < 1.29 is 9.21 Å². The van der Waals surface area contributed by atoms with Crippen LogP contribution in [0.15, 0.2) is 52.3 Å². The predicted octanol–water partition coefficient (Wildman–Crippen LogP) is 3.53.